The van der Waals surface area contributed by atoms with E-state index in [9.17, 15) is 9.59 Å². The molecule has 0 unspecified atom stereocenters. The van der Waals surface area contributed by atoms with E-state index in [0.29, 0.717) is 24.5 Å². The van der Waals surface area contributed by atoms with Crippen LogP contribution < -0.4 is 4.74 Å². The zero-order valence-corrected chi connectivity index (χ0v) is 15.0. The Kier molecular flexibility index (Phi) is 5.66. The molecule has 0 bridgehead atoms. The first-order chi connectivity index (χ1) is 13.1. The number of hydrogen-bond donors (Lipinski definition) is 1. The Morgan fingerprint density at radius 1 is 1.15 bits per heavy atom. The molecule has 2 aromatic carbocycles. The third-order valence-corrected chi connectivity index (χ3v) is 4.17. The average molecular weight is 364 g/mol. The van der Waals surface area contributed by atoms with E-state index in [0.717, 1.165) is 16.9 Å². The molecule has 1 heterocycles. The van der Waals surface area contributed by atoms with Gasteiger partial charge in [0.05, 0.1) is 7.11 Å². The number of benzene rings is 2. The van der Waals surface area contributed by atoms with Crippen LogP contribution in [0.15, 0.2) is 65.3 Å². The van der Waals surface area contributed by atoms with E-state index >= 15 is 0 Å². The van der Waals surface area contributed by atoms with Crippen molar-refractivity contribution < 1.29 is 19.4 Å². The van der Waals surface area contributed by atoms with Crippen LogP contribution >= 0.6 is 0 Å². The molecule has 2 aromatic rings. The molecule has 0 fully saturated rings. The number of carboxylic acid groups (broad SMARTS) is 1. The van der Waals surface area contributed by atoms with Gasteiger partial charge in [0.25, 0.3) is 5.91 Å². The summed E-state index contributed by atoms with van der Waals surface area (Å²) in [6.45, 7) is 0.304. The largest absolute Gasteiger partial charge is 0.497 e. The maximum Gasteiger partial charge on any atom is 0.303 e. The summed E-state index contributed by atoms with van der Waals surface area (Å²) < 4.78 is 5.14. The molecule has 1 N–H and O–H groups in total. The van der Waals surface area contributed by atoms with Crippen LogP contribution in [0.25, 0.3) is 6.08 Å². The van der Waals surface area contributed by atoms with E-state index in [1.54, 1.807) is 18.1 Å². The van der Waals surface area contributed by atoms with Gasteiger partial charge in [0.2, 0.25) is 0 Å². The number of amides is 1. The molecular formula is C21H20N2O4. The molecular weight excluding hydrogens is 344 g/mol. The van der Waals surface area contributed by atoms with Crippen LogP contribution in [-0.4, -0.2) is 41.4 Å². The Bertz CT molecular complexity index is 886. The van der Waals surface area contributed by atoms with Gasteiger partial charge in [-0.15, -0.1) is 0 Å². The van der Waals surface area contributed by atoms with Gasteiger partial charge in [-0.1, -0.05) is 42.5 Å². The number of aliphatic imine (C=N–C) groups is 1. The summed E-state index contributed by atoms with van der Waals surface area (Å²) in [5.41, 5.74) is 1.98. The minimum Gasteiger partial charge on any atom is -0.497 e. The highest BCUT2D eigenvalue weighted by Gasteiger charge is 2.30. The lowest BCUT2D eigenvalue weighted by Crippen LogP contribution is -2.33. The Balaban J connectivity index is 1.90. The molecule has 6 heteroatoms. The van der Waals surface area contributed by atoms with E-state index in [4.69, 9.17) is 9.84 Å². The van der Waals surface area contributed by atoms with Crippen LogP contribution in [0.5, 0.6) is 5.75 Å². The van der Waals surface area contributed by atoms with E-state index < -0.39 is 5.97 Å². The highest BCUT2D eigenvalue weighted by molar-refractivity contribution is 6.19. The zero-order chi connectivity index (χ0) is 19.2. The molecule has 27 heavy (non-hydrogen) atoms. The topological polar surface area (TPSA) is 79.2 Å². The molecule has 0 aromatic heterocycles. The van der Waals surface area contributed by atoms with Crippen LogP contribution in [0.3, 0.4) is 0 Å². The highest BCUT2D eigenvalue weighted by Crippen LogP contribution is 2.23. The lowest BCUT2D eigenvalue weighted by molar-refractivity contribution is -0.137. The van der Waals surface area contributed by atoms with Crippen LogP contribution in [-0.2, 0) is 9.59 Å². The summed E-state index contributed by atoms with van der Waals surface area (Å²) in [5, 5.41) is 8.87. The molecule has 0 radical (unpaired) electrons. The van der Waals surface area contributed by atoms with Crippen LogP contribution in [0.1, 0.15) is 24.0 Å². The van der Waals surface area contributed by atoms with Crippen molar-refractivity contribution in [3.63, 3.8) is 0 Å². The quantitative estimate of drug-likeness (QED) is 0.765. The normalized spacial score (nSPS) is 15.1. The van der Waals surface area contributed by atoms with E-state index in [1.165, 1.54) is 0 Å². The number of amidine groups is 1. The van der Waals surface area contributed by atoms with Crippen molar-refractivity contribution in [1.29, 1.82) is 0 Å². The fraction of sp³-hybridized carbons (Fsp3) is 0.190. The summed E-state index contributed by atoms with van der Waals surface area (Å²) in [6.07, 6.45) is 2.09. The number of nitrogens with zero attached hydrogens (tertiary/aromatic N) is 2. The minimum atomic E-state index is -0.881. The van der Waals surface area contributed by atoms with Gasteiger partial charge < -0.3 is 9.84 Å². The Hall–Kier alpha value is -3.41. The van der Waals surface area contributed by atoms with Crippen molar-refractivity contribution >= 4 is 23.8 Å². The SMILES string of the molecule is COc1ccc(/C=C2\N=C(c3ccccc3)N(CCCC(=O)O)C2=O)cc1. The Morgan fingerprint density at radius 2 is 1.85 bits per heavy atom. The Morgan fingerprint density at radius 3 is 2.48 bits per heavy atom. The molecule has 0 aliphatic carbocycles. The third-order valence-electron chi connectivity index (χ3n) is 4.17. The van der Waals surface area contributed by atoms with Crippen molar-refractivity contribution in [2.45, 2.75) is 12.8 Å². The fourth-order valence-electron chi connectivity index (χ4n) is 2.81. The van der Waals surface area contributed by atoms with E-state index in [2.05, 4.69) is 4.99 Å². The summed E-state index contributed by atoms with van der Waals surface area (Å²) in [4.78, 5) is 29.8. The summed E-state index contributed by atoms with van der Waals surface area (Å²) >= 11 is 0. The van der Waals surface area contributed by atoms with E-state index in [1.807, 2.05) is 54.6 Å². The lowest BCUT2D eigenvalue weighted by Gasteiger charge is -2.17. The van der Waals surface area contributed by atoms with Gasteiger partial charge in [-0.25, -0.2) is 4.99 Å². The maximum absolute atomic E-state index is 12.9. The number of carbonyl (C=O) groups excluding carboxylic acids is 1. The molecule has 1 amide bonds. The first-order valence-corrected chi connectivity index (χ1v) is 8.62. The number of methoxy groups -OCH3 is 1. The molecule has 0 saturated heterocycles. The molecule has 138 valence electrons. The second kappa shape index (κ2) is 8.31. The smallest absolute Gasteiger partial charge is 0.303 e. The van der Waals surface area contributed by atoms with Crippen LogP contribution in [0, 0.1) is 0 Å². The second-order valence-corrected chi connectivity index (χ2v) is 6.06. The zero-order valence-electron chi connectivity index (χ0n) is 15.0. The first-order valence-electron chi connectivity index (χ1n) is 8.62. The highest BCUT2D eigenvalue weighted by atomic mass is 16.5. The van der Waals surface area contributed by atoms with Gasteiger partial charge >= 0.3 is 5.97 Å². The molecule has 0 atom stereocenters. The van der Waals surface area contributed by atoms with Gasteiger partial charge in [0, 0.05) is 18.5 Å². The third kappa shape index (κ3) is 4.41. The van der Waals surface area contributed by atoms with Gasteiger partial charge in [-0.3, -0.25) is 14.5 Å². The van der Waals surface area contributed by atoms with Crippen molar-refractivity contribution in [1.82, 2.24) is 4.90 Å². The first kappa shape index (κ1) is 18.4. The van der Waals surface area contributed by atoms with Crippen molar-refractivity contribution in [3.8, 4) is 5.75 Å². The van der Waals surface area contributed by atoms with Crippen LogP contribution in [0.2, 0.25) is 0 Å². The van der Waals surface area contributed by atoms with Gasteiger partial charge in [0.1, 0.15) is 17.3 Å². The van der Waals surface area contributed by atoms with Gasteiger partial charge in [-0.05, 0) is 30.2 Å². The van der Waals surface area contributed by atoms with E-state index in [-0.39, 0.29) is 12.3 Å². The monoisotopic (exact) mass is 364 g/mol. The summed E-state index contributed by atoms with van der Waals surface area (Å²) in [5.74, 6) is 0.174. The number of rotatable bonds is 7. The van der Waals surface area contributed by atoms with Crippen LogP contribution in [0.4, 0.5) is 0 Å². The number of hydrogen-bond acceptors (Lipinski definition) is 4. The van der Waals surface area contributed by atoms with Gasteiger partial charge in [-0.2, -0.15) is 0 Å². The summed E-state index contributed by atoms with van der Waals surface area (Å²) in [7, 11) is 1.60. The van der Waals surface area contributed by atoms with Crippen molar-refractivity contribution in [3.05, 3.63) is 71.4 Å². The summed E-state index contributed by atoms with van der Waals surface area (Å²) in [6, 6.07) is 16.7. The molecule has 0 saturated carbocycles. The molecule has 6 nitrogen and oxygen atoms in total. The standard InChI is InChI=1S/C21H20N2O4/c1-27-17-11-9-15(10-12-17)14-18-21(26)23(13-5-8-19(24)25)20(22-18)16-6-3-2-4-7-16/h2-4,6-7,9-12,14H,5,8,13H2,1H3,(H,24,25)/b18-14-. The molecule has 3 rings (SSSR count). The molecule has 1 aliphatic rings. The number of carbonyl (C=O) groups is 2. The number of aliphatic carboxylic acids is 1. The predicted octanol–water partition coefficient (Wildman–Crippen LogP) is 3.19. The molecule has 0 spiro atoms. The van der Waals surface area contributed by atoms with Crippen molar-refractivity contribution in [2.75, 3.05) is 13.7 Å². The Labute approximate surface area is 157 Å². The fourth-order valence-corrected chi connectivity index (χ4v) is 2.81. The maximum atomic E-state index is 12.9. The average Bonchev–Trinajstić information content (AvgIpc) is 2.99. The molecule has 1 aliphatic heterocycles. The lowest BCUT2D eigenvalue weighted by atomic mass is 10.1. The van der Waals surface area contributed by atoms with Crippen molar-refractivity contribution in [2.24, 2.45) is 4.99 Å². The number of carboxylic acids is 1. The second-order valence-electron chi connectivity index (χ2n) is 6.06. The predicted molar refractivity (Wildman–Crippen MR) is 103 cm³/mol. The minimum absolute atomic E-state index is 0.00335. The number of ether oxygens (including phenoxy) is 1. The van der Waals surface area contributed by atoms with Gasteiger partial charge in [0.15, 0.2) is 0 Å².